The lowest BCUT2D eigenvalue weighted by Gasteiger charge is -2.15. The molecule has 0 fully saturated rings. The van der Waals surface area contributed by atoms with Crippen LogP contribution in [-0.2, 0) is 9.84 Å². The molecule has 0 aromatic heterocycles. The van der Waals surface area contributed by atoms with E-state index in [4.69, 9.17) is 4.74 Å². The molecule has 1 unspecified atom stereocenters. The van der Waals surface area contributed by atoms with E-state index in [1.807, 2.05) is 0 Å². The minimum absolute atomic E-state index is 0.0308. The van der Waals surface area contributed by atoms with Gasteiger partial charge in [0.2, 0.25) is 0 Å². The lowest BCUT2D eigenvalue weighted by atomic mass is 9.99. The highest BCUT2D eigenvalue weighted by Gasteiger charge is 2.05. The summed E-state index contributed by atoms with van der Waals surface area (Å²) >= 11 is 0. The van der Waals surface area contributed by atoms with Crippen LogP contribution in [0.4, 0.5) is 0 Å². The van der Waals surface area contributed by atoms with Crippen LogP contribution in [0.5, 0.6) is 0 Å². The van der Waals surface area contributed by atoms with Gasteiger partial charge < -0.3 is 4.74 Å². The Balaban J connectivity index is 3.08. The lowest BCUT2D eigenvalue weighted by Crippen LogP contribution is -2.12. The van der Waals surface area contributed by atoms with Crippen LogP contribution in [0.2, 0.25) is 0 Å². The maximum atomic E-state index is 10.1. The molecule has 0 heterocycles. The average Bonchev–Trinajstić information content (AvgIpc) is 2.03. The van der Waals surface area contributed by atoms with E-state index in [2.05, 4.69) is 20.8 Å². The van der Waals surface area contributed by atoms with E-state index in [1.165, 1.54) is 0 Å². The molecule has 0 rings (SSSR count). The second-order valence-corrected chi connectivity index (χ2v) is 3.71. The Labute approximate surface area is 75.9 Å². The fourth-order valence-electron chi connectivity index (χ4n) is 0.768. The molecule has 0 spiro atoms. The Hall–Kier alpha value is -0.0800. The molecule has 0 aromatic rings. The SMILES string of the molecule is CC(C)C(C)COCCCC[O]. The Morgan fingerprint density at radius 3 is 2.33 bits per heavy atom. The van der Waals surface area contributed by atoms with Crippen molar-refractivity contribution >= 4 is 0 Å². The van der Waals surface area contributed by atoms with Crippen LogP contribution in [0.3, 0.4) is 0 Å². The first-order chi connectivity index (χ1) is 5.68. The van der Waals surface area contributed by atoms with E-state index >= 15 is 0 Å². The summed E-state index contributed by atoms with van der Waals surface area (Å²) in [7, 11) is 0. The second kappa shape index (κ2) is 7.56. The largest absolute Gasteiger partial charge is 0.381 e. The Bertz CT molecular complexity index is 91.8. The average molecular weight is 173 g/mol. The fraction of sp³-hybridized carbons (Fsp3) is 1.00. The third-order valence-corrected chi connectivity index (χ3v) is 2.20. The van der Waals surface area contributed by atoms with Crippen LogP contribution in [0.1, 0.15) is 33.6 Å². The number of hydrogen-bond acceptors (Lipinski definition) is 1. The molecule has 2 heteroatoms. The predicted molar refractivity (Wildman–Crippen MR) is 49.6 cm³/mol. The van der Waals surface area contributed by atoms with E-state index in [9.17, 15) is 5.11 Å². The summed E-state index contributed by atoms with van der Waals surface area (Å²) < 4.78 is 5.42. The molecule has 1 radical (unpaired) electrons. The summed E-state index contributed by atoms with van der Waals surface area (Å²) in [6.45, 7) is 8.20. The first kappa shape index (κ1) is 11.9. The van der Waals surface area contributed by atoms with Gasteiger partial charge in [0.25, 0.3) is 0 Å². The Morgan fingerprint density at radius 2 is 1.83 bits per heavy atom. The molecular weight excluding hydrogens is 152 g/mol. The van der Waals surface area contributed by atoms with Gasteiger partial charge in [0.05, 0.1) is 6.61 Å². The van der Waals surface area contributed by atoms with Crippen molar-refractivity contribution in [3.63, 3.8) is 0 Å². The summed E-state index contributed by atoms with van der Waals surface area (Å²) in [5.74, 6) is 1.31. The second-order valence-electron chi connectivity index (χ2n) is 3.71. The highest BCUT2D eigenvalue weighted by molar-refractivity contribution is 4.54. The smallest absolute Gasteiger partial charge is 0.0823 e. The Kier molecular flexibility index (Phi) is 7.51. The first-order valence-electron chi connectivity index (χ1n) is 4.84. The van der Waals surface area contributed by atoms with Crippen LogP contribution >= 0.6 is 0 Å². The zero-order valence-corrected chi connectivity index (χ0v) is 8.51. The molecule has 0 amide bonds. The molecule has 0 N–H and O–H groups in total. The third-order valence-electron chi connectivity index (χ3n) is 2.20. The van der Waals surface area contributed by atoms with Crippen molar-refractivity contribution in [1.82, 2.24) is 0 Å². The molecule has 12 heavy (non-hydrogen) atoms. The molecule has 1 atom stereocenters. The summed E-state index contributed by atoms with van der Waals surface area (Å²) in [6.07, 6.45) is 1.66. The summed E-state index contributed by atoms with van der Waals surface area (Å²) in [6, 6.07) is 0. The van der Waals surface area contributed by atoms with Gasteiger partial charge in [0.1, 0.15) is 0 Å². The summed E-state index contributed by atoms with van der Waals surface area (Å²) in [4.78, 5) is 0. The topological polar surface area (TPSA) is 29.1 Å². The molecular formula is C10H21O2. The molecule has 0 saturated carbocycles. The molecule has 0 aromatic carbocycles. The van der Waals surface area contributed by atoms with E-state index in [1.54, 1.807) is 0 Å². The van der Waals surface area contributed by atoms with Gasteiger partial charge in [-0.3, -0.25) is 0 Å². The number of rotatable bonds is 7. The van der Waals surface area contributed by atoms with E-state index < -0.39 is 0 Å². The molecule has 0 aliphatic heterocycles. The monoisotopic (exact) mass is 173 g/mol. The van der Waals surface area contributed by atoms with E-state index in [-0.39, 0.29) is 6.61 Å². The number of ether oxygens (including phenoxy) is 1. The minimum atomic E-state index is 0.0308. The lowest BCUT2D eigenvalue weighted by molar-refractivity contribution is 0.0808. The fourth-order valence-corrected chi connectivity index (χ4v) is 0.768. The van der Waals surface area contributed by atoms with Crippen molar-refractivity contribution in [1.29, 1.82) is 0 Å². The van der Waals surface area contributed by atoms with Crippen molar-refractivity contribution in [2.24, 2.45) is 11.8 Å². The number of unbranched alkanes of at least 4 members (excludes halogenated alkanes) is 1. The van der Waals surface area contributed by atoms with Gasteiger partial charge >= 0.3 is 0 Å². The van der Waals surface area contributed by atoms with Crippen LogP contribution in [0, 0.1) is 11.8 Å². The van der Waals surface area contributed by atoms with Crippen molar-refractivity contribution in [3.8, 4) is 0 Å². The van der Waals surface area contributed by atoms with Crippen LogP contribution in [0.25, 0.3) is 0 Å². The van der Waals surface area contributed by atoms with Gasteiger partial charge in [0.15, 0.2) is 0 Å². The molecule has 0 aliphatic rings. The van der Waals surface area contributed by atoms with Crippen molar-refractivity contribution in [3.05, 3.63) is 0 Å². The van der Waals surface area contributed by atoms with Crippen molar-refractivity contribution in [2.75, 3.05) is 19.8 Å². The molecule has 0 saturated heterocycles. The quantitative estimate of drug-likeness (QED) is 0.544. The highest BCUT2D eigenvalue weighted by Crippen LogP contribution is 2.09. The molecule has 73 valence electrons. The predicted octanol–water partition coefficient (Wildman–Crippen LogP) is 2.51. The van der Waals surface area contributed by atoms with Crippen molar-refractivity contribution < 1.29 is 9.84 Å². The van der Waals surface area contributed by atoms with Gasteiger partial charge in [-0.05, 0) is 24.7 Å². The van der Waals surface area contributed by atoms with E-state index in [0.717, 1.165) is 26.1 Å². The van der Waals surface area contributed by atoms with Crippen LogP contribution in [0.15, 0.2) is 0 Å². The minimum Gasteiger partial charge on any atom is -0.381 e. The zero-order valence-electron chi connectivity index (χ0n) is 8.51. The third kappa shape index (κ3) is 6.62. The highest BCUT2D eigenvalue weighted by atomic mass is 16.5. The maximum absolute atomic E-state index is 10.1. The molecule has 0 bridgehead atoms. The standard InChI is InChI=1S/C10H21O2/c1-9(2)10(3)8-12-7-5-4-6-11/h9-10H,4-8H2,1-3H3. The van der Waals surface area contributed by atoms with Gasteiger partial charge in [-0.15, -0.1) is 0 Å². The van der Waals surface area contributed by atoms with E-state index in [0.29, 0.717) is 11.8 Å². The molecule has 0 aliphatic carbocycles. The normalized spacial score (nSPS) is 13.8. The van der Waals surface area contributed by atoms with Gasteiger partial charge in [-0.2, -0.15) is 0 Å². The van der Waals surface area contributed by atoms with Gasteiger partial charge in [-0.1, -0.05) is 20.8 Å². The van der Waals surface area contributed by atoms with Crippen molar-refractivity contribution in [2.45, 2.75) is 33.6 Å². The zero-order chi connectivity index (χ0) is 9.40. The van der Waals surface area contributed by atoms with Gasteiger partial charge in [-0.25, -0.2) is 5.11 Å². The molecule has 2 nitrogen and oxygen atoms in total. The summed E-state index contributed by atoms with van der Waals surface area (Å²) in [5, 5.41) is 10.1. The first-order valence-corrected chi connectivity index (χ1v) is 4.84. The number of hydrogen-bond donors (Lipinski definition) is 0. The maximum Gasteiger partial charge on any atom is 0.0823 e. The van der Waals surface area contributed by atoms with Crippen LogP contribution in [-0.4, -0.2) is 19.8 Å². The summed E-state index contributed by atoms with van der Waals surface area (Å²) in [5.41, 5.74) is 0. The van der Waals surface area contributed by atoms with Crippen LogP contribution < -0.4 is 0 Å². The Morgan fingerprint density at radius 1 is 1.17 bits per heavy atom. The van der Waals surface area contributed by atoms with Gasteiger partial charge in [0, 0.05) is 13.2 Å².